The lowest BCUT2D eigenvalue weighted by Gasteiger charge is -2.04. The van der Waals surface area contributed by atoms with Crippen LogP contribution in [0.2, 0.25) is 0 Å². The molecule has 9 heteroatoms. The molecule has 0 aliphatic carbocycles. The molecule has 1 aromatic carbocycles. The molecule has 0 spiro atoms. The third-order valence-electron chi connectivity index (χ3n) is 3.87. The van der Waals surface area contributed by atoms with Gasteiger partial charge < -0.3 is 14.5 Å². The molecule has 160 valence electrons. The number of H-pyrrole nitrogens is 1. The van der Waals surface area contributed by atoms with Gasteiger partial charge in [-0.2, -0.15) is 0 Å². The number of hydrogen-bond acceptors (Lipinski definition) is 7. The number of nitrogens with one attached hydrogen (secondary N) is 2. The second-order valence-corrected chi connectivity index (χ2v) is 7.27. The first-order valence-electron chi connectivity index (χ1n) is 9.56. The second-order valence-electron chi connectivity index (χ2n) is 6.33. The van der Waals surface area contributed by atoms with Gasteiger partial charge in [-0.1, -0.05) is 23.9 Å². The van der Waals surface area contributed by atoms with Crippen LogP contribution in [0.3, 0.4) is 0 Å². The highest BCUT2D eigenvalue weighted by molar-refractivity contribution is 7.99. The largest absolute Gasteiger partial charge is 0.463 e. The maximum Gasteiger partial charge on any atom is 0.330 e. The highest BCUT2D eigenvalue weighted by Crippen LogP contribution is 2.16. The number of benzene rings is 1. The number of ether oxygens (including phenoxy) is 1. The molecule has 2 aromatic heterocycles. The summed E-state index contributed by atoms with van der Waals surface area (Å²) in [5, 5.41) is 10.2. The fraction of sp³-hybridized carbons (Fsp3) is 0.182. The van der Waals surface area contributed by atoms with Crippen LogP contribution in [0.25, 0.3) is 18.2 Å². The molecule has 0 fully saturated rings. The number of aromatic nitrogens is 3. The van der Waals surface area contributed by atoms with Crippen molar-refractivity contribution in [2.45, 2.75) is 19.0 Å². The molecule has 2 heterocycles. The van der Waals surface area contributed by atoms with E-state index in [2.05, 4.69) is 20.5 Å². The number of rotatable bonds is 9. The van der Waals surface area contributed by atoms with Crippen LogP contribution in [-0.4, -0.2) is 39.4 Å². The van der Waals surface area contributed by atoms with E-state index in [1.165, 1.54) is 17.8 Å². The topological polar surface area (TPSA) is 110 Å². The molecule has 3 aromatic rings. The molecule has 0 unspecified atom stereocenters. The van der Waals surface area contributed by atoms with Crippen molar-refractivity contribution in [3.63, 3.8) is 0 Å². The van der Waals surface area contributed by atoms with Gasteiger partial charge in [-0.3, -0.25) is 9.89 Å². The maximum atomic E-state index is 12.2. The zero-order valence-corrected chi connectivity index (χ0v) is 17.9. The third-order valence-corrected chi connectivity index (χ3v) is 4.72. The first-order valence-corrected chi connectivity index (χ1v) is 10.5. The number of aromatic amines is 1. The van der Waals surface area contributed by atoms with Crippen molar-refractivity contribution < 1.29 is 18.7 Å². The van der Waals surface area contributed by atoms with E-state index in [4.69, 9.17) is 9.15 Å². The van der Waals surface area contributed by atoms with Gasteiger partial charge in [0.1, 0.15) is 17.3 Å². The zero-order valence-electron chi connectivity index (χ0n) is 17.1. The van der Waals surface area contributed by atoms with Crippen LogP contribution in [0.4, 0.5) is 5.69 Å². The Kier molecular flexibility index (Phi) is 7.83. The molecule has 0 aliphatic rings. The highest BCUT2D eigenvalue weighted by atomic mass is 32.2. The Hall–Kier alpha value is -3.59. The van der Waals surface area contributed by atoms with E-state index in [-0.39, 0.29) is 11.7 Å². The van der Waals surface area contributed by atoms with Gasteiger partial charge in [-0.25, -0.2) is 9.78 Å². The summed E-state index contributed by atoms with van der Waals surface area (Å²) in [6.45, 7) is 3.97. The van der Waals surface area contributed by atoms with E-state index in [0.717, 1.165) is 17.1 Å². The predicted molar refractivity (Wildman–Crippen MR) is 120 cm³/mol. The predicted octanol–water partition coefficient (Wildman–Crippen LogP) is 4.18. The molecule has 0 saturated heterocycles. The van der Waals surface area contributed by atoms with E-state index in [1.807, 2.05) is 19.1 Å². The van der Waals surface area contributed by atoms with Gasteiger partial charge in [0.05, 0.1) is 12.4 Å². The SMILES string of the molecule is CCOC(=O)/C=C/c1ccc(NC(=O)CSc2n[nH]c(/C=C/c3ccc(C)o3)n2)cc1. The number of anilines is 1. The maximum absolute atomic E-state index is 12.2. The van der Waals surface area contributed by atoms with E-state index in [1.54, 1.807) is 49.4 Å². The minimum Gasteiger partial charge on any atom is -0.463 e. The summed E-state index contributed by atoms with van der Waals surface area (Å²) < 4.78 is 10.3. The molecule has 0 bridgehead atoms. The summed E-state index contributed by atoms with van der Waals surface area (Å²) in [7, 11) is 0. The molecule has 0 saturated carbocycles. The minimum absolute atomic E-state index is 0.170. The standard InChI is InChI=1S/C22H22N4O4S/c1-3-29-21(28)13-7-16-5-8-17(9-6-16)23-20(27)14-31-22-24-19(25-26-22)12-11-18-10-4-15(2)30-18/h4-13H,3,14H2,1-2H3,(H,23,27)(H,24,25,26)/b12-11+,13-7+. The summed E-state index contributed by atoms with van der Waals surface area (Å²) in [5.74, 6) is 1.74. The monoisotopic (exact) mass is 438 g/mol. The molecule has 31 heavy (non-hydrogen) atoms. The van der Waals surface area contributed by atoms with Crippen LogP contribution < -0.4 is 5.32 Å². The number of thioether (sulfide) groups is 1. The molecule has 0 aliphatic heterocycles. The van der Waals surface area contributed by atoms with Crippen molar-refractivity contribution in [1.82, 2.24) is 15.2 Å². The second kappa shape index (κ2) is 11.0. The van der Waals surface area contributed by atoms with E-state index in [0.29, 0.717) is 23.3 Å². The number of amides is 1. The van der Waals surface area contributed by atoms with Crippen LogP contribution in [0.5, 0.6) is 0 Å². The molecular weight excluding hydrogens is 416 g/mol. The third kappa shape index (κ3) is 7.31. The van der Waals surface area contributed by atoms with Gasteiger partial charge >= 0.3 is 5.97 Å². The van der Waals surface area contributed by atoms with Crippen LogP contribution in [-0.2, 0) is 14.3 Å². The molecule has 2 N–H and O–H groups in total. The molecule has 1 amide bonds. The van der Waals surface area contributed by atoms with Crippen molar-refractivity contribution in [2.24, 2.45) is 0 Å². The fourth-order valence-electron chi connectivity index (χ4n) is 2.46. The van der Waals surface area contributed by atoms with Crippen LogP contribution in [0, 0.1) is 6.92 Å². The highest BCUT2D eigenvalue weighted by Gasteiger charge is 2.07. The van der Waals surface area contributed by atoms with E-state index >= 15 is 0 Å². The smallest absolute Gasteiger partial charge is 0.330 e. The number of furan rings is 1. The van der Waals surface area contributed by atoms with Gasteiger partial charge in [0.2, 0.25) is 11.1 Å². The summed E-state index contributed by atoms with van der Waals surface area (Å²) >= 11 is 1.23. The Balaban J connectivity index is 1.45. The van der Waals surface area contributed by atoms with Crippen LogP contribution in [0.1, 0.15) is 29.8 Å². The van der Waals surface area contributed by atoms with Crippen LogP contribution >= 0.6 is 11.8 Å². The average Bonchev–Trinajstić information content (AvgIpc) is 3.39. The van der Waals surface area contributed by atoms with Crippen LogP contribution in [0.15, 0.2) is 52.0 Å². The summed E-state index contributed by atoms with van der Waals surface area (Å²) in [6.07, 6.45) is 6.57. The van der Waals surface area contributed by atoms with Gasteiger partial charge in [0.15, 0.2) is 0 Å². The first kappa shape index (κ1) is 22.1. The lowest BCUT2D eigenvalue weighted by molar-refractivity contribution is -0.137. The van der Waals surface area contributed by atoms with Crippen molar-refractivity contribution in [3.8, 4) is 0 Å². The van der Waals surface area contributed by atoms with Crippen molar-refractivity contribution in [2.75, 3.05) is 17.7 Å². The Labute approximate surface area is 183 Å². The van der Waals surface area contributed by atoms with Crippen molar-refractivity contribution in [3.05, 3.63) is 65.4 Å². The Morgan fingerprint density at radius 1 is 1.16 bits per heavy atom. The summed E-state index contributed by atoms with van der Waals surface area (Å²) in [4.78, 5) is 27.8. The normalized spacial score (nSPS) is 11.3. The minimum atomic E-state index is -0.390. The van der Waals surface area contributed by atoms with Crippen molar-refractivity contribution >= 4 is 47.6 Å². The molecule has 0 radical (unpaired) electrons. The number of hydrogen-bond donors (Lipinski definition) is 2. The molecule has 8 nitrogen and oxygen atoms in total. The Morgan fingerprint density at radius 3 is 2.68 bits per heavy atom. The van der Waals surface area contributed by atoms with Crippen molar-refractivity contribution in [1.29, 1.82) is 0 Å². The zero-order chi connectivity index (χ0) is 22.1. The molecule has 3 rings (SSSR count). The Bertz CT molecular complexity index is 1080. The molecule has 0 atom stereocenters. The van der Waals surface area contributed by atoms with Gasteiger partial charge in [-0.05, 0) is 61.9 Å². The lowest BCUT2D eigenvalue weighted by atomic mass is 10.2. The van der Waals surface area contributed by atoms with Gasteiger partial charge in [-0.15, -0.1) is 5.10 Å². The number of carbonyl (C=O) groups excluding carboxylic acids is 2. The van der Waals surface area contributed by atoms with E-state index in [9.17, 15) is 9.59 Å². The Morgan fingerprint density at radius 2 is 1.97 bits per heavy atom. The quantitative estimate of drug-likeness (QED) is 0.293. The first-order chi connectivity index (χ1) is 15.0. The number of aryl methyl sites for hydroxylation is 1. The van der Waals surface area contributed by atoms with Gasteiger partial charge in [0, 0.05) is 11.8 Å². The fourth-order valence-corrected chi connectivity index (χ4v) is 3.07. The lowest BCUT2D eigenvalue weighted by Crippen LogP contribution is -2.14. The number of esters is 1. The number of nitrogens with zero attached hydrogens (tertiary/aromatic N) is 2. The van der Waals surface area contributed by atoms with E-state index < -0.39 is 5.97 Å². The average molecular weight is 439 g/mol. The van der Waals surface area contributed by atoms with Gasteiger partial charge in [0.25, 0.3) is 0 Å². The molecular formula is C22H22N4O4S. The summed E-state index contributed by atoms with van der Waals surface area (Å²) in [5.41, 5.74) is 1.48. The number of carbonyl (C=O) groups is 2. The summed E-state index contributed by atoms with van der Waals surface area (Å²) in [6, 6.07) is 10.9.